The molecule has 0 bridgehead atoms. The van der Waals surface area contributed by atoms with Crippen molar-refractivity contribution in [1.82, 2.24) is 0 Å². The molecule has 2 atom stereocenters. The molecule has 4 heteroatoms. The average Bonchev–Trinajstić information content (AvgIpc) is 2.55. The fourth-order valence-electron chi connectivity index (χ4n) is 2.67. The minimum Gasteiger partial charge on any atom is -0.497 e. The van der Waals surface area contributed by atoms with Gasteiger partial charge in [0.1, 0.15) is 5.75 Å². The van der Waals surface area contributed by atoms with E-state index in [4.69, 9.17) is 14.2 Å². The third-order valence-corrected chi connectivity index (χ3v) is 3.72. The Bertz CT molecular complexity index is 648. The minimum absolute atomic E-state index is 0.144. The largest absolute Gasteiger partial charge is 0.497 e. The van der Waals surface area contributed by atoms with Crippen LogP contribution >= 0.6 is 0 Å². The number of ether oxygens (including phenoxy) is 3. The molecule has 0 saturated heterocycles. The average molecular weight is 284 g/mol. The predicted molar refractivity (Wildman–Crippen MR) is 77.5 cm³/mol. The molecule has 0 N–H and O–H groups in total. The summed E-state index contributed by atoms with van der Waals surface area (Å²) in [5, 5.41) is 0. The molecule has 0 fully saturated rings. The molecule has 2 aromatic rings. The zero-order valence-corrected chi connectivity index (χ0v) is 11.9. The van der Waals surface area contributed by atoms with Crippen LogP contribution in [0.4, 0.5) is 0 Å². The SMILES string of the molecule is COc1ccc(C2c3ccccc3C(=O)OC2OC)cc1. The van der Waals surface area contributed by atoms with Gasteiger partial charge < -0.3 is 14.2 Å². The molecule has 0 aromatic heterocycles. The molecule has 0 radical (unpaired) electrons. The maximum atomic E-state index is 12.0. The first kappa shape index (κ1) is 13.6. The van der Waals surface area contributed by atoms with Gasteiger partial charge in [0.05, 0.1) is 18.6 Å². The molecule has 4 nitrogen and oxygen atoms in total. The fourth-order valence-corrected chi connectivity index (χ4v) is 2.67. The van der Waals surface area contributed by atoms with Crippen molar-refractivity contribution in [1.29, 1.82) is 0 Å². The minimum atomic E-state index is -0.624. The Kier molecular flexibility index (Phi) is 3.62. The maximum absolute atomic E-state index is 12.0. The number of benzene rings is 2. The van der Waals surface area contributed by atoms with Gasteiger partial charge in [-0.2, -0.15) is 0 Å². The molecule has 0 amide bonds. The first-order valence-electron chi connectivity index (χ1n) is 6.71. The lowest BCUT2D eigenvalue weighted by molar-refractivity contribution is -0.103. The van der Waals surface area contributed by atoms with Gasteiger partial charge in [0.25, 0.3) is 0 Å². The topological polar surface area (TPSA) is 44.8 Å². The summed E-state index contributed by atoms with van der Waals surface area (Å²) in [6.07, 6.45) is -0.624. The fraction of sp³-hybridized carbons (Fsp3) is 0.235. The van der Waals surface area contributed by atoms with Crippen molar-refractivity contribution in [3.63, 3.8) is 0 Å². The molecule has 0 aliphatic carbocycles. The molecule has 108 valence electrons. The van der Waals surface area contributed by atoms with Crippen LogP contribution in [0, 0.1) is 0 Å². The molecule has 0 spiro atoms. The van der Waals surface area contributed by atoms with Gasteiger partial charge in [-0.15, -0.1) is 0 Å². The van der Waals surface area contributed by atoms with Crippen molar-refractivity contribution in [2.75, 3.05) is 14.2 Å². The lowest BCUT2D eigenvalue weighted by Gasteiger charge is -2.32. The van der Waals surface area contributed by atoms with Gasteiger partial charge in [0, 0.05) is 7.11 Å². The normalized spacial score (nSPS) is 20.6. The predicted octanol–water partition coefficient (Wildman–Crippen LogP) is 2.97. The molecule has 2 aromatic carbocycles. The standard InChI is InChI=1S/C17H16O4/c1-19-12-9-7-11(8-10-12)15-13-5-3-4-6-14(13)16(18)21-17(15)20-2/h3-10,15,17H,1-2H3. The van der Waals surface area contributed by atoms with Crippen LogP contribution < -0.4 is 4.74 Å². The van der Waals surface area contributed by atoms with Crippen molar-refractivity contribution in [2.24, 2.45) is 0 Å². The van der Waals surface area contributed by atoms with Gasteiger partial charge in [-0.3, -0.25) is 0 Å². The number of esters is 1. The van der Waals surface area contributed by atoms with E-state index in [1.54, 1.807) is 20.3 Å². The molecule has 1 heterocycles. The van der Waals surface area contributed by atoms with E-state index in [9.17, 15) is 4.79 Å². The van der Waals surface area contributed by atoms with Crippen molar-refractivity contribution in [2.45, 2.75) is 12.2 Å². The Morgan fingerprint density at radius 1 is 1.00 bits per heavy atom. The Hall–Kier alpha value is -2.33. The summed E-state index contributed by atoms with van der Waals surface area (Å²) >= 11 is 0. The zero-order chi connectivity index (χ0) is 14.8. The highest BCUT2D eigenvalue weighted by atomic mass is 16.7. The van der Waals surface area contributed by atoms with E-state index in [0.717, 1.165) is 16.9 Å². The summed E-state index contributed by atoms with van der Waals surface area (Å²) in [6, 6.07) is 15.2. The van der Waals surface area contributed by atoms with Crippen LogP contribution in [0.3, 0.4) is 0 Å². The molecule has 21 heavy (non-hydrogen) atoms. The lowest BCUT2D eigenvalue weighted by atomic mass is 9.86. The first-order chi connectivity index (χ1) is 10.2. The summed E-state index contributed by atoms with van der Waals surface area (Å²) in [5.41, 5.74) is 2.53. The monoisotopic (exact) mass is 284 g/mol. The third kappa shape index (κ3) is 2.38. The number of methoxy groups -OCH3 is 2. The summed E-state index contributed by atoms with van der Waals surface area (Å²) < 4.78 is 15.9. The van der Waals surface area contributed by atoms with E-state index in [1.807, 2.05) is 42.5 Å². The van der Waals surface area contributed by atoms with Gasteiger partial charge in [-0.25, -0.2) is 4.79 Å². The van der Waals surface area contributed by atoms with Crippen LogP contribution in [0.1, 0.15) is 27.4 Å². The highest BCUT2D eigenvalue weighted by Crippen LogP contribution is 2.37. The van der Waals surface area contributed by atoms with Gasteiger partial charge in [0.2, 0.25) is 6.29 Å². The highest BCUT2D eigenvalue weighted by Gasteiger charge is 2.36. The summed E-state index contributed by atoms with van der Waals surface area (Å²) in [5.74, 6) is 0.297. The van der Waals surface area contributed by atoms with Crippen molar-refractivity contribution in [3.8, 4) is 5.75 Å². The second kappa shape index (κ2) is 5.58. The maximum Gasteiger partial charge on any atom is 0.340 e. The van der Waals surface area contributed by atoms with E-state index < -0.39 is 6.29 Å². The number of hydrogen-bond donors (Lipinski definition) is 0. The van der Waals surface area contributed by atoms with E-state index >= 15 is 0 Å². The van der Waals surface area contributed by atoms with Gasteiger partial charge in [-0.1, -0.05) is 30.3 Å². The van der Waals surface area contributed by atoms with E-state index in [1.165, 1.54) is 0 Å². The summed E-state index contributed by atoms with van der Waals surface area (Å²) in [6.45, 7) is 0. The molecule has 0 saturated carbocycles. The van der Waals surface area contributed by atoms with Gasteiger partial charge in [-0.05, 0) is 29.3 Å². The van der Waals surface area contributed by atoms with Crippen LogP contribution in [-0.2, 0) is 9.47 Å². The van der Waals surface area contributed by atoms with E-state index in [-0.39, 0.29) is 11.9 Å². The Labute approximate surface area is 123 Å². The molecule has 1 aliphatic rings. The van der Waals surface area contributed by atoms with Crippen molar-refractivity contribution in [3.05, 3.63) is 65.2 Å². The van der Waals surface area contributed by atoms with Crippen LogP contribution in [-0.4, -0.2) is 26.5 Å². The molecular formula is C17H16O4. The number of carbonyl (C=O) groups excluding carboxylic acids is 1. The Morgan fingerprint density at radius 2 is 1.71 bits per heavy atom. The van der Waals surface area contributed by atoms with Crippen LogP contribution in [0.15, 0.2) is 48.5 Å². The Balaban J connectivity index is 2.08. The molecule has 2 unspecified atom stereocenters. The van der Waals surface area contributed by atoms with Crippen LogP contribution in [0.25, 0.3) is 0 Å². The first-order valence-corrected chi connectivity index (χ1v) is 6.71. The van der Waals surface area contributed by atoms with E-state index in [0.29, 0.717) is 5.56 Å². The molecule has 3 rings (SSSR count). The van der Waals surface area contributed by atoms with Crippen molar-refractivity contribution >= 4 is 5.97 Å². The van der Waals surface area contributed by atoms with Gasteiger partial charge in [0.15, 0.2) is 0 Å². The number of fused-ring (bicyclic) bond motifs is 1. The van der Waals surface area contributed by atoms with E-state index in [2.05, 4.69) is 0 Å². The second-order valence-electron chi connectivity index (χ2n) is 4.85. The summed E-state index contributed by atoms with van der Waals surface area (Å²) in [4.78, 5) is 12.0. The quantitative estimate of drug-likeness (QED) is 0.813. The zero-order valence-electron chi connectivity index (χ0n) is 11.9. The number of carbonyl (C=O) groups is 1. The molecule has 1 aliphatic heterocycles. The smallest absolute Gasteiger partial charge is 0.340 e. The van der Waals surface area contributed by atoms with Crippen molar-refractivity contribution < 1.29 is 19.0 Å². The lowest BCUT2D eigenvalue weighted by Crippen LogP contribution is -2.34. The van der Waals surface area contributed by atoms with Crippen LogP contribution in [0.2, 0.25) is 0 Å². The number of hydrogen-bond acceptors (Lipinski definition) is 4. The third-order valence-electron chi connectivity index (χ3n) is 3.72. The molecular weight excluding hydrogens is 268 g/mol. The van der Waals surface area contributed by atoms with Crippen LogP contribution in [0.5, 0.6) is 5.75 Å². The number of rotatable bonds is 3. The summed E-state index contributed by atoms with van der Waals surface area (Å²) in [7, 11) is 3.17. The second-order valence-corrected chi connectivity index (χ2v) is 4.85. The number of cyclic esters (lactones) is 1. The van der Waals surface area contributed by atoms with Gasteiger partial charge >= 0.3 is 5.97 Å². The highest BCUT2D eigenvalue weighted by molar-refractivity contribution is 5.92. The Morgan fingerprint density at radius 3 is 2.38 bits per heavy atom.